The fourth-order valence-electron chi connectivity index (χ4n) is 2.36. The number of nitrogens with one attached hydrogen (secondary N) is 1. The lowest BCUT2D eigenvalue weighted by atomic mass is 9.92. The number of hydrogen-bond acceptors (Lipinski definition) is 4. The van der Waals surface area contributed by atoms with Crippen LogP contribution in [0.2, 0.25) is 0 Å². The van der Waals surface area contributed by atoms with E-state index >= 15 is 0 Å². The number of anilines is 1. The molecule has 1 aliphatic carbocycles. The van der Waals surface area contributed by atoms with Crippen molar-refractivity contribution in [2.24, 2.45) is 0 Å². The third kappa shape index (κ3) is 3.49. The van der Waals surface area contributed by atoms with Gasteiger partial charge in [-0.2, -0.15) is 13.2 Å². The Balaban J connectivity index is 2.13. The van der Waals surface area contributed by atoms with Crippen molar-refractivity contribution in [1.29, 1.82) is 0 Å². The Hall–Kier alpha value is -1.28. The highest BCUT2D eigenvalue weighted by molar-refractivity contribution is 7.92. The molecule has 2 atom stereocenters. The minimum atomic E-state index is -5.31. The number of sulfone groups is 1. The van der Waals surface area contributed by atoms with Gasteiger partial charge in [0.25, 0.3) is 9.84 Å². The predicted octanol–water partition coefficient (Wildman–Crippen LogP) is 2.70. The Labute approximate surface area is 120 Å². The van der Waals surface area contributed by atoms with Crippen LogP contribution in [0.25, 0.3) is 0 Å². The van der Waals surface area contributed by atoms with Crippen LogP contribution in [0.4, 0.5) is 18.9 Å². The van der Waals surface area contributed by atoms with Gasteiger partial charge in [0.05, 0.1) is 17.0 Å². The molecule has 1 aromatic carbocycles. The van der Waals surface area contributed by atoms with Gasteiger partial charge in [0.1, 0.15) is 0 Å². The molecule has 0 bridgehead atoms. The molecule has 0 aliphatic heterocycles. The zero-order valence-electron chi connectivity index (χ0n) is 11.1. The van der Waals surface area contributed by atoms with Crippen molar-refractivity contribution in [3.63, 3.8) is 0 Å². The Morgan fingerprint density at radius 2 is 1.67 bits per heavy atom. The second-order valence-electron chi connectivity index (χ2n) is 5.08. The summed E-state index contributed by atoms with van der Waals surface area (Å²) in [4.78, 5) is -0.787. The molecule has 1 aromatic rings. The van der Waals surface area contributed by atoms with Crippen molar-refractivity contribution >= 4 is 15.5 Å². The van der Waals surface area contributed by atoms with Gasteiger partial charge in [-0.15, -0.1) is 0 Å². The van der Waals surface area contributed by atoms with E-state index in [1.54, 1.807) is 0 Å². The molecule has 0 radical (unpaired) electrons. The first kappa shape index (κ1) is 16.1. The topological polar surface area (TPSA) is 66.4 Å². The van der Waals surface area contributed by atoms with Crippen LogP contribution in [0.15, 0.2) is 29.2 Å². The van der Waals surface area contributed by atoms with Gasteiger partial charge in [0.2, 0.25) is 0 Å². The average molecular weight is 323 g/mol. The molecule has 0 aromatic heterocycles. The number of alkyl halides is 3. The summed E-state index contributed by atoms with van der Waals surface area (Å²) in [6.45, 7) is 0. The molecule has 0 heterocycles. The summed E-state index contributed by atoms with van der Waals surface area (Å²) < 4.78 is 59.7. The van der Waals surface area contributed by atoms with Crippen molar-refractivity contribution in [3.05, 3.63) is 24.3 Å². The van der Waals surface area contributed by atoms with Gasteiger partial charge in [0.15, 0.2) is 0 Å². The highest BCUT2D eigenvalue weighted by Gasteiger charge is 2.46. The first-order chi connectivity index (χ1) is 9.72. The number of hydrogen-bond donors (Lipinski definition) is 2. The highest BCUT2D eigenvalue weighted by Crippen LogP contribution is 2.31. The van der Waals surface area contributed by atoms with Crippen LogP contribution in [0.5, 0.6) is 0 Å². The molecule has 1 fully saturated rings. The Morgan fingerprint density at radius 3 is 2.19 bits per heavy atom. The Kier molecular flexibility index (Phi) is 4.48. The maximum atomic E-state index is 12.4. The maximum absolute atomic E-state index is 12.4. The third-order valence-corrected chi connectivity index (χ3v) is 5.05. The van der Waals surface area contributed by atoms with Crippen LogP contribution in [0.3, 0.4) is 0 Å². The van der Waals surface area contributed by atoms with Gasteiger partial charge >= 0.3 is 5.51 Å². The lowest BCUT2D eigenvalue weighted by Crippen LogP contribution is -2.36. The van der Waals surface area contributed by atoms with Crippen LogP contribution in [0, 0.1) is 0 Å². The molecule has 21 heavy (non-hydrogen) atoms. The number of halogens is 3. The molecular formula is C13H16F3NO3S. The van der Waals surface area contributed by atoms with Crippen molar-refractivity contribution in [3.8, 4) is 0 Å². The van der Waals surface area contributed by atoms with Crippen LogP contribution in [-0.2, 0) is 9.84 Å². The summed E-state index contributed by atoms with van der Waals surface area (Å²) in [5, 5.41) is 12.8. The van der Waals surface area contributed by atoms with E-state index in [0.29, 0.717) is 12.1 Å². The second kappa shape index (κ2) is 5.84. The molecule has 0 spiro atoms. The van der Waals surface area contributed by atoms with E-state index in [1.165, 1.54) is 12.1 Å². The quantitative estimate of drug-likeness (QED) is 0.897. The molecule has 0 amide bonds. The van der Waals surface area contributed by atoms with E-state index in [4.69, 9.17) is 0 Å². The summed E-state index contributed by atoms with van der Waals surface area (Å²) in [6.07, 6.45) is 2.86. The molecule has 2 N–H and O–H groups in total. The average Bonchev–Trinajstić information content (AvgIpc) is 2.41. The third-order valence-electron chi connectivity index (χ3n) is 3.55. The maximum Gasteiger partial charge on any atom is 0.501 e. The zero-order valence-corrected chi connectivity index (χ0v) is 11.9. The number of benzene rings is 1. The van der Waals surface area contributed by atoms with Crippen LogP contribution < -0.4 is 5.32 Å². The standard InChI is InChI=1S/C13H16F3NO3S/c14-13(15,16)21(19,20)10-7-5-9(6-8-10)17-11-3-1-2-4-12(11)18/h5-8,11-12,17-18H,1-4H2/t11-,12-/m0/s1. The first-order valence-electron chi connectivity index (χ1n) is 6.58. The predicted molar refractivity (Wildman–Crippen MR) is 71.6 cm³/mol. The van der Waals surface area contributed by atoms with Crippen LogP contribution in [-0.4, -0.2) is 31.2 Å². The highest BCUT2D eigenvalue weighted by atomic mass is 32.2. The molecule has 4 nitrogen and oxygen atoms in total. The van der Waals surface area contributed by atoms with Crippen molar-refractivity contribution < 1.29 is 26.7 Å². The van der Waals surface area contributed by atoms with E-state index < -0.39 is 26.3 Å². The molecule has 0 saturated heterocycles. The Bertz CT molecular complexity index is 584. The molecule has 118 valence electrons. The van der Waals surface area contributed by atoms with E-state index in [-0.39, 0.29) is 6.04 Å². The summed E-state index contributed by atoms with van der Waals surface area (Å²) in [5.74, 6) is 0. The Morgan fingerprint density at radius 1 is 1.10 bits per heavy atom. The summed E-state index contributed by atoms with van der Waals surface area (Å²) in [7, 11) is -5.31. The minimum absolute atomic E-state index is 0.163. The smallest absolute Gasteiger partial charge is 0.391 e. The summed E-state index contributed by atoms with van der Waals surface area (Å²) >= 11 is 0. The molecule has 0 unspecified atom stereocenters. The van der Waals surface area contributed by atoms with Crippen molar-refractivity contribution in [1.82, 2.24) is 0 Å². The van der Waals surface area contributed by atoms with Gasteiger partial charge in [-0.25, -0.2) is 8.42 Å². The summed E-state index contributed by atoms with van der Waals surface area (Å²) in [6, 6.07) is 4.23. The summed E-state index contributed by atoms with van der Waals surface area (Å²) in [5.41, 5.74) is -4.82. The van der Waals surface area contributed by atoms with Crippen LogP contribution >= 0.6 is 0 Å². The molecule has 2 rings (SSSR count). The first-order valence-corrected chi connectivity index (χ1v) is 8.06. The van der Waals surface area contributed by atoms with Crippen LogP contribution in [0.1, 0.15) is 25.7 Å². The van der Waals surface area contributed by atoms with E-state index in [2.05, 4.69) is 5.32 Å². The van der Waals surface area contributed by atoms with Crippen molar-refractivity contribution in [2.45, 2.75) is 48.2 Å². The van der Waals surface area contributed by atoms with E-state index in [1.807, 2.05) is 0 Å². The van der Waals surface area contributed by atoms with E-state index in [0.717, 1.165) is 31.4 Å². The second-order valence-corrected chi connectivity index (χ2v) is 7.02. The molecule has 8 heteroatoms. The largest absolute Gasteiger partial charge is 0.501 e. The van der Waals surface area contributed by atoms with E-state index in [9.17, 15) is 26.7 Å². The molecular weight excluding hydrogens is 307 g/mol. The minimum Gasteiger partial charge on any atom is -0.391 e. The normalized spacial score (nSPS) is 23.8. The van der Waals surface area contributed by atoms with Gasteiger partial charge in [-0.1, -0.05) is 12.8 Å². The fourth-order valence-corrected chi connectivity index (χ4v) is 3.12. The van der Waals surface area contributed by atoms with Gasteiger partial charge in [-0.3, -0.25) is 0 Å². The van der Waals surface area contributed by atoms with Gasteiger partial charge in [-0.05, 0) is 37.1 Å². The molecule has 1 aliphatic rings. The fraction of sp³-hybridized carbons (Fsp3) is 0.538. The van der Waals surface area contributed by atoms with Gasteiger partial charge in [0, 0.05) is 5.69 Å². The van der Waals surface area contributed by atoms with Crippen molar-refractivity contribution in [2.75, 3.05) is 5.32 Å². The lowest BCUT2D eigenvalue weighted by Gasteiger charge is -2.29. The monoisotopic (exact) mass is 323 g/mol. The zero-order chi connectivity index (χ0) is 15.7. The SMILES string of the molecule is O=S(=O)(c1ccc(N[C@H]2CCCC[C@@H]2O)cc1)C(F)(F)F. The number of aliphatic hydroxyl groups excluding tert-OH is 1. The van der Waals surface area contributed by atoms with Gasteiger partial charge < -0.3 is 10.4 Å². The number of rotatable bonds is 3. The number of aliphatic hydroxyl groups is 1. The molecule has 1 saturated carbocycles. The lowest BCUT2D eigenvalue weighted by molar-refractivity contribution is -0.0436.